The van der Waals surface area contributed by atoms with Gasteiger partial charge < -0.3 is 14.7 Å². The molecule has 184 valence electrons. The second-order valence-corrected chi connectivity index (χ2v) is 9.50. The molecular formula is C27H28N6O3. The SMILES string of the molecule is O=C1CCCN1C1CCN(Cc2cnc3cc(Oc4ccc(-c5ccn[nH]5)cn4)ccc3c2)C[C@H]1O. The van der Waals surface area contributed by atoms with Gasteiger partial charge in [-0.2, -0.15) is 5.10 Å². The second kappa shape index (κ2) is 9.67. The van der Waals surface area contributed by atoms with Gasteiger partial charge in [0, 0.05) is 74.3 Å². The Labute approximate surface area is 208 Å². The first kappa shape index (κ1) is 22.6. The lowest BCUT2D eigenvalue weighted by Crippen LogP contribution is -2.54. The minimum absolute atomic E-state index is 0.0550. The van der Waals surface area contributed by atoms with Gasteiger partial charge in [-0.05, 0) is 48.7 Å². The minimum Gasteiger partial charge on any atom is -0.439 e. The third-order valence-electron chi connectivity index (χ3n) is 7.03. The maximum Gasteiger partial charge on any atom is 0.222 e. The lowest BCUT2D eigenvalue weighted by molar-refractivity contribution is -0.134. The third kappa shape index (κ3) is 4.67. The molecule has 9 heteroatoms. The van der Waals surface area contributed by atoms with E-state index in [-0.39, 0.29) is 11.9 Å². The summed E-state index contributed by atoms with van der Waals surface area (Å²) in [6, 6.07) is 13.6. The number of aromatic amines is 1. The average molecular weight is 485 g/mol. The van der Waals surface area contributed by atoms with Crippen LogP contribution in [0.15, 0.2) is 61.1 Å². The van der Waals surface area contributed by atoms with Gasteiger partial charge >= 0.3 is 0 Å². The van der Waals surface area contributed by atoms with Crippen LogP contribution in [0.3, 0.4) is 0 Å². The Morgan fingerprint density at radius 3 is 2.78 bits per heavy atom. The summed E-state index contributed by atoms with van der Waals surface area (Å²) in [5, 5.41) is 18.6. The zero-order valence-electron chi connectivity index (χ0n) is 19.9. The minimum atomic E-state index is -0.518. The summed E-state index contributed by atoms with van der Waals surface area (Å²) in [5.74, 6) is 1.36. The molecule has 0 spiro atoms. The van der Waals surface area contributed by atoms with Crippen molar-refractivity contribution in [1.82, 2.24) is 30.0 Å². The number of hydrogen-bond donors (Lipinski definition) is 2. The van der Waals surface area contributed by atoms with Crippen molar-refractivity contribution in [2.45, 2.75) is 38.0 Å². The highest BCUT2D eigenvalue weighted by molar-refractivity contribution is 5.80. The Hall–Kier alpha value is -3.82. The molecule has 0 bridgehead atoms. The number of rotatable bonds is 6. The molecule has 0 radical (unpaired) electrons. The fourth-order valence-corrected chi connectivity index (χ4v) is 5.20. The molecule has 3 aromatic heterocycles. The van der Waals surface area contributed by atoms with Crippen LogP contribution < -0.4 is 4.74 Å². The fourth-order valence-electron chi connectivity index (χ4n) is 5.20. The van der Waals surface area contributed by atoms with Crippen molar-refractivity contribution >= 4 is 16.8 Å². The number of aliphatic hydroxyl groups is 1. The van der Waals surface area contributed by atoms with Crippen molar-refractivity contribution in [3.05, 3.63) is 66.6 Å². The van der Waals surface area contributed by atoms with Gasteiger partial charge in [0.25, 0.3) is 0 Å². The molecular weight excluding hydrogens is 456 g/mol. The number of aromatic nitrogens is 4. The number of nitrogens with one attached hydrogen (secondary N) is 1. The Bertz CT molecular complexity index is 1360. The van der Waals surface area contributed by atoms with Gasteiger partial charge in [0.1, 0.15) is 5.75 Å². The number of benzene rings is 1. The number of carbonyl (C=O) groups is 1. The number of ether oxygens (including phenoxy) is 1. The van der Waals surface area contributed by atoms with Crippen LogP contribution in [0.4, 0.5) is 0 Å². The predicted octanol–water partition coefficient (Wildman–Crippen LogP) is 3.37. The smallest absolute Gasteiger partial charge is 0.222 e. The zero-order chi connectivity index (χ0) is 24.5. The Morgan fingerprint density at radius 2 is 2.03 bits per heavy atom. The first-order chi connectivity index (χ1) is 17.6. The highest BCUT2D eigenvalue weighted by Gasteiger charge is 2.36. The van der Waals surface area contributed by atoms with E-state index in [0.29, 0.717) is 31.1 Å². The van der Waals surface area contributed by atoms with E-state index in [0.717, 1.165) is 53.7 Å². The van der Waals surface area contributed by atoms with Gasteiger partial charge in [0.05, 0.1) is 23.4 Å². The van der Waals surface area contributed by atoms with Gasteiger partial charge in [0.2, 0.25) is 11.8 Å². The van der Waals surface area contributed by atoms with Crippen LogP contribution in [-0.2, 0) is 11.3 Å². The highest BCUT2D eigenvalue weighted by Crippen LogP contribution is 2.27. The van der Waals surface area contributed by atoms with E-state index in [4.69, 9.17) is 4.74 Å². The van der Waals surface area contributed by atoms with Crippen molar-refractivity contribution in [3.8, 4) is 22.9 Å². The number of nitrogens with zero attached hydrogens (tertiary/aromatic N) is 5. The molecule has 36 heavy (non-hydrogen) atoms. The van der Waals surface area contributed by atoms with Crippen LogP contribution in [0.5, 0.6) is 11.6 Å². The zero-order valence-corrected chi connectivity index (χ0v) is 19.9. The van der Waals surface area contributed by atoms with Gasteiger partial charge in [-0.15, -0.1) is 0 Å². The molecule has 2 fully saturated rings. The molecule has 2 saturated heterocycles. The number of likely N-dealkylation sites (tertiary alicyclic amines) is 2. The second-order valence-electron chi connectivity index (χ2n) is 9.50. The van der Waals surface area contributed by atoms with Crippen LogP contribution in [-0.4, -0.2) is 72.8 Å². The first-order valence-corrected chi connectivity index (χ1v) is 12.3. The summed E-state index contributed by atoms with van der Waals surface area (Å²) in [6.45, 7) is 2.90. The number of β-amino-alcohol motifs (C(OH)–C–C–N with tert-alkyl or cyclic N) is 1. The summed E-state index contributed by atoms with van der Waals surface area (Å²) < 4.78 is 5.94. The lowest BCUT2D eigenvalue weighted by Gasteiger charge is -2.40. The molecule has 9 nitrogen and oxygen atoms in total. The van der Waals surface area contributed by atoms with Crippen LogP contribution in [0.2, 0.25) is 0 Å². The van der Waals surface area contributed by atoms with E-state index in [9.17, 15) is 9.90 Å². The van der Waals surface area contributed by atoms with Crippen molar-refractivity contribution in [1.29, 1.82) is 0 Å². The molecule has 6 rings (SSSR count). The van der Waals surface area contributed by atoms with E-state index >= 15 is 0 Å². The predicted molar refractivity (Wildman–Crippen MR) is 134 cm³/mol. The van der Waals surface area contributed by atoms with Crippen LogP contribution in [0.25, 0.3) is 22.2 Å². The molecule has 5 heterocycles. The van der Waals surface area contributed by atoms with E-state index in [2.05, 4.69) is 31.1 Å². The number of fused-ring (bicyclic) bond motifs is 1. The van der Waals surface area contributed by atoms with E-state index in [1.54, 1.807) is 12.4 Å². The summed E-state index contributed by atoms with van der Waals surface area (Å²) in [4.78, 5) is 25.2. The molecule has 2 atom stereocenters. The molecule has 1 amide bonds. The van der Waals surface area contributed by atoms with Crippen molar-refractivity contribution in [2.24, 2.45) is 0 Å². The molecule has 2 aliphatic rings. The fraction of sp³-hybridized carbons (Fsp3) is 0.333. The normalized spacial score (nSPS) is 20.8. The molecule has 0 aliphatic carbocycles. The summed E-state index contributed by atoms with van der Waals surface area (Å²) in [7, 11) is 0. The quantitative estimate of drug-likeness (QED) is 0.432. The summed E-state index contributed by atoms with van der Waals surface area (Å²) in [6.07, 6.45) is 7.12. The van der Waals surface area contributed by atoms with Crippen LogP contribution in [0.1, 0.15) is 24.8 Å². The topological polar surface area (TPSA) is 107 Å². The molecule has 0 saturated carbocycles. The highest BCUT2D eigenvalue weighted by atomic mass is 16.5. The third-order valence-corrected chi connectivity index (χ3v) is 7.03. The van der Waals surface area contributed by atoms with E-state index in [1.165, 1.54) is 0 Å². The average Bonchev–Trinajstić information content (AvgIpc) is 3.57. The van der Waals surface area contributed by atoms with Gasteiger partial charge in [-0.3, -0.25) is 19.8 Å². The van der Waals surface area contributed by atoms with Gasteiger partial charge in [0.15, 0.2) is 0 Å². The Kier molecular flexibility index (Phi) is 6.08. The van der Waals surface area contributed by atoms with Crippen molar-refractivity contribution in [2.75, 3.05) is 19.6 Å². The molecule has 2 N–H and O–H groups in total. The number of pyridine rings is 2. The molecule has 4 aromatic rings. The number of piperidine rings is 1. The maximum absolute atomic E-state index is 12.1. The van der Waals surface area contributed by atoms with Crippen LogP contribution >= 0.6 is 0 Å². The number of aliphatic hydroxyl groups excluding tert-OH is 1. The number of hydrogen-bond acceptors (Lipinski definition) is 7. The molecule has 2 aliphatic heterocycles. The van der Waals surface area contributed by atoms with Gasteiger partial charge in [-0.25, -0.2) is 4.98 Å². The number of carbonyl (C=O) groups excluding carboxylic acids is 1. The van der Waals surface area contributed by atoms with Gasteiger partial charge in [-0.1, -0.05) is 0 Å². The summed E-state index contributed by atoms with van der Waals surface area (Å²) in [5.41, 5.74) is 3.78. The van der Waals surface area contributed by atoms with E-state index < -0.39 is 6.10 Å². The number of amides is 1. The lowest BCUT2D eigenvalue weighted by atomic mass is 9.99. The molecule has 1 unspecified atom stereocenters. The maximum atomic E-state index is 12.1. The first-order valence-electron chi connectivity index (χ1n) is 12.3. The Morgan fingerprint density at radius 1 is 1.08 bits per heavy atom. The molecule has 1 aromatic carbocycles. The largest absolute Gasteiger partial charge is 0.439 e. The number of H-pyrrole nitrogens is 1. The van der Waals surface area contributed by atoms with Crippen LogP contribution in [0, 0.1) is 0 Å². The standard InChI is InChI=1S/C27H28N6O3/c34-25-17-32(11-8-24(25)33-10-1-2-27(33)35)16-18-12-19-3-5-21(13-23(19)28-14-18)36-26-6-4-20(15-29-26)22-7-9-30-31-22/h3-7,9,12-15,24-25,34H,1-2,8,10-11,16-17H2,(H,30,31)/t24?,25-/m1/s1. The monoisotopic (exact) mass is 484 g/mol. The van der Waals surface area contributed by atoms with Crippen molar-refractivity contribution in [3.63, 3.8) is 0 Å². The summed E-state index contributed by atoms with van der Waals surface area (Å²) >= 11 is 0. The Balaban J connectivity index is 1.09. The van der Waals surface area contributed by atoms with E-state index in [1.807, 2.05) is 47.5 Å². The van der Waals surface area contributed by atoms with Crippen molar-refractivity contribution < 1.29 is 14.6 Å².